The smallest absolute Gasteiger partial charge is 0.308 e. The van der Waals surface area contributed by atoms with Gasteiger partial charge < -0.3 is 9.72 Å². The zero-order chi connectivity index (χ0) is 20.5. The Morgan fingerprint density at radius 2 is 1.83 bits per heavy atom. The number of nitrogens with zero attached hydrogens (tertiary/aromatic N) is 2. The number of amides is 2. The van der Waals surface area contributed by atoms with E-state index in [1.807, 2.05) is 12.2 Å². The molecule has 1 N–H and O–H groups in total. The molecule has 150 valence electrons. The van der Waals surface area contributed by atoms with Gasteiger partial charge >= 0.3 is 5.97 Å². The van der Waals surface area contributed by atoms with Gasteiger partial charge in [0.05, 0.1) is 29.2 Å². The largest absolute Gasteiger partial charge is 0.454 e. The van der Waals surface area contributed by atoms with Gasteiger partial charge in [-0.1, -0.05) is 24.3 Å². The van der Waals surface area contributed by atoms with Crippen LogP contribution in [0.25, 0.3) is 10.9 Å². The highest BCUT2D eigenvalue weighted by Gasteiger charge is 2.46. The van der Waals surface area contributed by atoms with Gasteiger partial charge in [0.25, 0.3) is 5.56 Å². The van der Waals surface area contributed by atoms with Gasteiger partial charge in [-0.15, -0.1) is 0 Å². The lowest BCUT2D eigenvalue weighted by Crippen LogP contribution is -2.33. The lowest BCUT2D eigenvalue weighted by Gasteiger charge is -2.16. The first kappa shape index (κ1) is 19.0. The number of para-hydroxylation sites is 1. The number of fused-ring (bicyclic) bond motifs is 2. The molecule has 1 fully saturated rings. The van der Waals surface area contributed by atoms with Crippen molar-refractivity contribution in [3.8, 4) is 0 Å². The molecule has 2 aliphatic rings. The van der Waals surface area contributed by atoms with Crippen LogP contribution in [0.15, 0.2) is 41.2 Å². The molecule has 2 heterocycles. The summed E-state index contributed by atoms with van der Waals surface area (Å²) < 4.78 is 5.36. The monoisotopic (exact) mass is 395 g/mol. The van der Waals surface area contributed by atoms with Crippen LogP contribution in [-0.2, 0) is 19.1 Å². The maximum atomic E-state index is 12.4. The number of hydrogen-bond donors (Lipinski definition) is 1. The Hall–Kier alpha value is -3.29. The molecule has 1 aromatic carbocycles. The van der Waals surface area contributed by atoms with Gasteiger partial charge in [-0.3, -0.25) is 24.1 Å². The number of benzene rings is 1. The first-order chi connectivity index (χ1) is 14.0. The Bertz CT molecular complexity index is 1050. The predicted molar refractivity (Wildman–Crippen MR) is 104 cm³/mol. The van der Waals surface area contributed by atoms with E-state index in [0.717, 1.165) is 0 Å². The molecule has 1 aliphatic heterocycles. The molecule has 2 amide bonds. The second-order valence-electron chi connectivity index (χ2n) is 7.33. The van der Waals surface area contributed by atoms with Crippen LogP contribution < -0.4 is 5.56 Å². The number of likely N-dealkylation sites (tertiary alicyclic amines) is 1. The molecule has 8 nitrogen and oxygen atoms in total. The first-order valence-corrected chi connectivity index (χ1v) is 9.64. The van der Waals surface area contributed by atoms with Crippen LogP contribution in [-0.4, -0.2) is 39.2 Å². The van der Waals surface area contributed by atoms with Gasteiger partial charge in [-0.25, -0.2) is 4.98 Å². The van der Waals surface area contributed by atoms with E-state index in [2.05, 4.69) is 9.97 Å². The molecule has 2 aromatic rings. The molecule has 4 rings (SSSR count). The number of aromatic amines is 1. The van der Waals surface area contributed by atoms with Gasteiger partial charge in [0.1, 0.15) is 0 Å². The summed E-state index contributed by atoms with van der Waals surface area (Å²) in [5.41, 5.74) is 0.205. The predicted octanol–water partition coefficient (Wildman–Crippen LogP) is 1.87. The third-order valence-corrected chi connectivity index (χ3v) is 5.46. The number of nitrogens with one attached hydrogen (secondary N) is 1. The SMILES string of the molecule is C[C@@H](OC(=O)CCN1C(=O)[C@H]2CC=CC[C@H]2C1=O)c1nc2ccccc2c(=O)[nH]1. The highest BCUT2D eigenvalue weighted by Crippen LogP contribution is 2.35. The van der Waals surface area contributed by atoms with Crippen LogP contribution in [0.3, 0.4) is 0 Å². The fourth-order valence-corrected chi connectivity index (χ4v) is 3.90. The van der Waals surface area contributed by atoms with Crippen molar-refractivity contribution < 1.29 is 19.1 Å². The standard InChI is InChI=1S/C21H21N3O5/c1-12(18-22-16-9-5-4-8-15(16)19(26)23-18)29-17(25)10-11-24-20(27)13-6-2-3-7-14(13)21(24)28/h2-5,8-9,12-14H,6-7,10-11H2,1H3,(H,22,23,26)/t12-,13-,14+/m1/s1. The molecule has 3 atom stereocenters. The van der Waals surface area contributed by atoms with Crippen molar-refractivity contribution in [2.24, 2.45) is 11.8 Å². The Labute approximate surface area is 166 Å². The van der Waals surface area contributed by atoms with Crippen LogP contribution in [0.4, 0.5) is 0 Å². The molecular formula is C21H21N3O5. The Balaban J connectivity index is 1.38. The maximum Gasteiger partial charge on any atom is 0.308 e. The van der Waals surface area contributed by atoms with Crippen molar-refractivity contribution in [2.45, 2.75) is 32.3 Å². The third-order valence-electron chi connectivity index (χ3n) is 5.46. The summed E-state index contributed by atoms with van der Waals surface area (Å²) in [6.45, 7) is 1.61. The lowest BCUT2D eigenvalue weighted by atomic mass is 9.85. The summed E-state index contributed by atoms with van der Waals surface area (Å²) in [5, 5.41) is 0.455. The van der Waals surface area contributed by atoms with Crippen LogP contribution in [0, 0.1) is 11.8 Å². The van der Waals surface area contributed by atoms with E-state index in [1.165, 1.54) is 4.90 Å². The molecule has 0 bridgehead atoms. The Morgan fingerprint density at radius 1 is 1.17 bits per heavy atom. The van der Waals surface area contributed by atoms with Crippen molar-refractivity contribution in [3.63, 3.8) is 0 Å². The average molecular weight is 395 g/mol. The topological polar surface area (TPSA) is 109 Å². The number of carbonyl (C=O) groups excluding carboxylic acids is 3. The zero-order valence-corrected chi connectivity index (χ0v) is 16.0. The summed E-state index contributed by atoms with van der Waals surface area (Å²) >= 11 is 0. The lowest BCUT2D eigenvalue weighted by molar-refractivity contribution is -0.150. The zero-order valence-electron chi connectivity index (χ0n) is 16.0. The Morgan fingerprint density at radius 3 is 2.52 bits per heavy atom. The fourth-order valence-electron chi connectivity index (χ4n) is 3.90. The molecule has 8 heteroatoms. The third kappa shape index (κ3) is 3.57. The number of carbonyl (C=O) groups is 3. The van der Waals surface area contributed by atoms with E-state index in [0.29, 0.717) is 23.7 Å². The summed E-state index contributed by atoms with van der Waals surface area (Å²) in [5.74, 6) is -1.38. The van der Waals surface area contributed by atoms with Crippen molar-refractivity contribution >= 4 is 28.7 Å². The summed E-state index contributed by atoms with van der Waals surface area (Å²) in [4.78, 5) is 57.4. The van der Waals surface area contributed by atoms with Crippen LogP contribution in [0.2, 0.25) is 0 Å². The number of esters is 1. The van der Waals surface area contributed by atoms with Crippen molar-refractivity contribution in [2.75, 3.05) is 6.54 Å². The van der Waals surface area contributed by atoms with Crippen molar-refractivity contribution in [1.29, 1.82) is 0 Å². The fraction of sp³-hybridized carbons (Fsp3) is 0.381. The number of allylic oxidation sites excluding steroid dienone is 2. The highest BCUT2D eigenvalue weighted by molar-refractivity contribution is 6.05. The van der Waals surface area contributed by atoms with E-state index in [9.17, 15) is 19.2 Å². The molecule has 0 spiro atoms. The minimum absolute atomic E-state index is 0.00209. The maximum absolute atomic E-state index is 12.4. The van der Waals surface area contributed by atoms with Crippen molar-refractivity contribution in [3.05, 3.63) is 52.6 Å². The van der Waals surface area contributed by atoms with E-state index in [-0.39, 0.29) is 48.0 Å². The average Bonchev–Trinajstić information content (AvgIpc) is 2.97. The second-order valence-corrected chi connectivity index (χ2v) is 7.33. The minimum atomic E-state index is -0.767. The normalized spacial score (nSPS) is 22.0. The van der Waals surface area contributed by atoms with Crippen molar-refractivity contribution in [1.82, 2.24) is 14.9 Å². The number of ether oxygens (including phenoxy) is 1. The number of rotatable bonds is 5. The van der Waals surface area contributed by atoms with Gasteiger partial charge in [-0.2, -0.15) is 0 Å². The molecular weight excluding hydrogens is 374 g/mol. The minimum Gasteiger partial charge on any atom is -0.454 e. The number of imide groups is 1. The van der Waals surface area contributed by atoms with Gasteiger partial charge in [-0.05, 0) is 31.9 Å². The molecule has 1 aromatic heterocycles. The number of H-pyrrole nitrogens is 1. The second kappa shape index (κ2) is 7.62. The summed E-state index contributed by atoms with van der Waals surface area (Å²) in [6, 6.07) is 6.89. The molecule has 1 saturated heterocycles. The van der Waals surface area contributed by atoms with E-state index < -0.39 is 12.1 Å². The highest BCUT2D eigenvalue weighted by atomic mass is 16.5. The van der Waals surface area contributed by atoms with Gasteiger partial charge in [0, 0.05) is 6.54 Å². The molecule has 0 unspecified atom stereocenters. The van der Waals surface area contributed by atoms with Crippen LogP contribution in [0.5, 0.6) is 0 Å². The van der Waals surface area contributed by atoms with Gasteiger partial charge in [0.2, 0.25) is 11.8 Å². The van der Waals surface area contributed by atoms with Crippen LogP contribution in [0.1, 0.15) is 38.1 Å². The number of aromatic nitrogens is 2. The quantitative estimate of drug-likeness (QED) is 0.470. The molecule has 0 saturated carbocycles. The van der Waals surface area contributed by atoms with E-state index in [1.54, 1.807) is 31.2 Å². The van der Waals surface area contributed by atoms with E-state index >= 15 is 0 Å². The molecule has 29 heavy (non-hydrogen) atoms. The van der Waals surface area contributed by atoms with E-state index in [4.69, 9.17) is 4.74 Å². The summed E-state index contributed by atoms with van der Waals surface area (Å²) in [7, 11) is 0. The first-order valence-electron chi connectivity index (χ1n) is 9.64. The summed E-state index contributed by atoms with van der Waals surface area (Å²) in [6.07, 6.45) is 4.10. The molecule has 1 aliphatic carbocycles. The Kier molecular flexibility index (Phi) is 5.00. The number of hydrogen-bond acceptors (Lipinski definition) is 6. The van der Waals surface area contributed by atoms with Gasteiger partial charge in [0.15, 0.2) is 11.9 Å². The molecule has 0 radical (unpaired) electrons. The van der Waals surface area contributed by atoms with Crippen LogP contribution >= 0.6 is 0 Å².